The molecule has 0 spiro atoms. The number of amides is 5. The van der Waals surface area contributed by atoms with Gasteiger partial charge in [-0.1, -0.05) is 50.3 Å². The van der Waals surface area contributed by atoms with Crippen molar-refractivity contribution >= 4 is 35.2 Å². The number of unbranched alkanes of at least 4 members (excludes halogenated alkanes) is 1. The molecule has 0 bridgehead atoms. The topological polar surface area (TPSA) is 98.6 Å². The molecule has 1 atom stereocenters. The number of carbonyl (C=O) groups is 4. The second kappa shape index (κ2) is 12.1. The molecule has 1 unspecified atom stereocenters. The first-order valence-corrected chi connectivity index (χ1v) is 11.8. The largest absolute Gasteiger partial charge is 0.501 e. The van der Waals surface area contributed by atoms with Crippen molar-refractivity contribution in [2.75, 3.05) is 25.0 Å². The lowest BCUT2D eigenvalue weighted by Crippen LogP contribution is -2.55. The molecule has 2 aliphatic rings. The lowest BCUT2D eigenvalue weighted by atomic mass is 9.94. The van der Waals surface area contributed by atoms with Crippen molar-refractivity contribution in [3.63, 3.8) is 0 Å². The lowest BCUT2D eigenvalue weighted by molar-refractivity contribution is -0.427. The number of allylic oxidation sites excluding steroid dienone is 3. The molecule has 0 saturated carbocycles. The highest BCUT2D eigenvalue weighted by Gasteiger charge is 2.46. The Hall–Kier alpha value is -3.55. The molecule has 1 aromatic rings. The van der Waals surface area contributed by atoms with E-state index < -0.39 is 11.9 Å². The highest BCUT2D eigenvalue weighted by Crippen LogP contribution is 2.20. The molecule has 0 saturated heterocycles. The zero-order valence-corrected chi connectivity index (χ0v) is 19.8. The van der Waals surface area contributed by atoms with Crippen LogP contribution in [0.4, 0.5) is 10.5 Å². The standard InChI is InChI=1S/C26H32N4O4/c1-19(2)15-16-27-23(31)14-8-9-17-29-25(33)21-12-6-7-13-22(21)30(26(29)34)18-24(32)28-20-10-4-3-5-11-20/h3-7,10-13,19,21H,8-9,14-18H2,1-2H3,(H-,27,28,31,32)/p+1. The zero-order valence-electron chi connectivity index (χ0n) is 19.8. The summed E-state index contributed by atoms with van der Waals surface area (Å²) in [5.41, 5.74) is 1.14. The summed E-state index contributed by atoms with van der Waals surface area (Å²) in [7, 11) is 0. The van der Waals surface area contributed by atoms with Gasteiger partial charge in [-0.3, -0.25) is 9.59 Å². The number of hydrogen-bond acceptors (Lipinski definition) is 4. The van der Waals surface area contributed by atoms with Crippen LogP contribution >= 0.6 is 0 Å². The predicted molar refractivity (Wildman–Crippen MR) is 130 cm³/mol. The van der Waals surface area contributed by atoms with Crippen LogP contribution in [0, 0.1) is 11.8 Å². The Bertz CT molecular complexity index is 1010. The molecule has 1 aliphatic carbocycles. The number of nitrogens with one attached hydrogen (secondary N) is 2. The van der Waals surface area contributed by atoms with E-state index in [9.17, 15) is 19.2 Å². The van der Waals surface area contributed by atoms with Gasteiger partial charge in [-0.2, -0.15) is 14.3 Å². The second-order valence-corrected chi connectivity index (χ2v) is 8.91. The van der Waals surface area contributed by atoms with E-state index in [1.807, 2.05) is 18.2 Å². The highest BCUT2D eigenvalue weighted by molar-refractivity contribution is 6.17. The summed E-state index contributed by atoms with van der Waals surface area (Å²) in [5.74, 6) is -0.749. The molecule has 34 heavy (non-hydrogen) atoms. The van der Waals surface area contributed by atoms with Gasteiger partial charge in [0.1, 0.15) is 11.6 Å². The fourth-order valence-electron chi connectivity index (χ4n) is 3.89. The summed E-state index contributed by atoms with van der Waals surface area (Å²) in [5, 5.41) is 5.68. The number of carbonyl (C=O) groups excluding carboxylic acids is 4. The fraction of sp³-hybridized carbons (Fsp3) is 0.423. The maximum atomic E-state index is 13.2. The Morgan fingerprint density at radius 1 is 1.06 bits per heavy atom. The van der Waals surface area contributed by atoms with Crippen LogP contribution in [-0.4, -0.2) is 58.6 Å². The quantitative estimate of drug-likeness (QED) is 0.388. The van der Waals surface area contributed by atoms with Crippen LogP contribution in [0.2, 0.25) is 0 Å². The molecule has 5 amide bonds. The molecule has 0 aromatic heterocycles. The van der Waals surface area contributed by atoms with E-state index in [1.165, 1.54) is 9.48 Å². The van der Waals surface area contributed by atoms with Gasteiger partial charge < -0.3 is 10.6 Å². The average molecular weight is 466 g/mol. The SMILES string of the molecule is CC(C)CCNC(=O)CCCCN1C(=O)C2C=CC=CC2=[N+](CC(=O)Nc2ccccc2)C1=O. The molecule has 8 heteroatoms. The summed E-state index contributed by atoms with van der Waals surface area (Å²) in [6.45, 7) is 4.87. The lowest BCUT2D eigenvalue weighted by Gasteiger charge is -2.26. The van der Waals surface area contributed by atoms with E-state index in [0.29, 0.717) is 43.1 Å². The monoisotopic (exact) mass is 465 g/mol. The van der Waals surface area contributed by atoms with Crippen LogP contribution in [-0.2, 0) is 14.4 Å². The van der Waals surface area contributed by atoms with Crippen LogP contribution in [0.15, 0.2) is 54.6 Å². The second-order valence-electron chi connectivity index (χ2n) is 8.91. The molecule has 180 valence electrons. The van der Waals surface area contributed by atoms with Gasteiger partial charge >= 0.3 is 11.9 Å². The molecule has 1 heterocycles. The first kappa shape index (κ1) is 25.1. The van der Waals surface area contributed by atoms with Gasteiger partial charge in [-0.25, -0.2) is 4.79 Å². The number of nitrogens with zero attached hydrogens (tertiary/aromatic N) is 2. The van der Waals surface area contributed by atoms with Gasteiger partial charge in [0.2, 0.25) is 5.91 Å². The van der Waals surface area contributed by atoms with Crippen molar-refractivity contribution in [3.8, 4) is 0 Å². The van der Waals surface area contributed by atoms with Crippen LogP contribution < -0.4 is 10.6 Å². The van der Waals surface area contributed by atoms with E-state index in [-0.39, 0.29) is 30.8 Å². The minimum atomic E-state index is -0.605. The number of urea groups is 1. The van der Waals surface area contributed by atoms with E-state index in [1.54, 1.807) is 36.4 Å². The fourth-order valence-corrected chi connectivity index (χ4v) is 3.89. The minimum absolute atomic E-state index is 0.0212. The van der Waals surface area contributed by atoms with E-state index in [2.05, 4.69) is 24.5 Å². The first-order valence-electron chi connectivity index (χ1n) is 11.8. The van der Waals surface area contributed by atoms with Gasteiger partial charge in [-0.05, 0) is 43.4 Å². The number of para-hydroxylation sites is 1. The van der Waals surface area contributed by atoms with Gasteiger partial charge in [0.25, 0.3) is 5.91 Å². The Labute approximate surface area is 200 Å². The van der Waals surface area contributed by atoms with Crippen LogP contribution in [0.1, 0.15) is 39.5 Å². The Balaban J connectivity index is 1.61. The van der Waals surface area contributed by atoms with Gasteiger partial charge in [0.15, 0.2) is 6.54 Å². The molecule has 2 N–H and O–H groups in total. The first-order chi connectivity index (χ1) is 16.4. The normalized spacial score (nSPS) is 17.3. The van der Waals surface area contributed by atoms with E-state index >= 15 is 0 Å². The molecular weight excluding hydrogens is 432 g/mol. The summed E-state index contributed by atoms with van der Waals surface area (Å²) in [6.07, 6.45) is 9.32. The highest BCUT2D eigenvalue weighted by atomic mass is 16.2. The summed E-state index contributed by atoms with van der Waals surface area (Å²) < 4.78 is 1.36. The van der Waals surface area contributed by atoms with Crippen molar-refractivity contribution in [2.24, 2.45) is 11.8 Å². The van der Waals surface area contributed by atoms with Crippen LogP contribution in [0.3, 0.4) is 0 Å². The van der Waals surface area contributed by atoms with Crippen molar-refractivity contribution in [1.29, 1.82) is 0 Å². The molecular formula is C26H33N4O4+. The number of fused-ring (bicyclic) bond motifs is 1. The minimum Gasteiger partial charge on any atom is -0.356 e. The number of imide groups is 1. The molecule has 0 radical (unpaired) electrons. The van der Waals surface area contributed by atoms with Crippen molar-refractivity contribution in [1.82, 2.24) is 10.2 Å². The number of rotatable bonds is 11. The number of benzene rings is 1. The smallest absolute Gasteiger partial charge is 0.356 e. The predicted octanol–water partition coefficient (Wildman–Crippen LogP) is 3.12. The third kappa shape index (κ3) is 6.73. The molecule has 3 rings (SSSR count). The van der Waals surface area contributed by atoms with Crippen LogP contribution in [0.25, 0.3) is 0 Å². The van der Waals surface area contributed by atoms with Crippen molar-refractivity contribution in [2.45, 2.75) is 39.5 Å². The third-order valence-corrected chi connectivity index (χ3v) is 5.74. The van der Waals surface area contributed by atoms with Crippen molar-refractivity contribution < 1.29 is 23.8 Å². The number of hydrogen-bond donors (Lipinski definition) is 2. The van der Waals surface area contributed by atoms with Gasteiger partial charge in [0.05, 0.1) is 6.54 Å². The van der Waals surface area contributed by atoms with Crippen LogP contribution in [0.5, 0.6) is 0 Å². The maximum Gasteiger partial charge on any atom is 0.501 e. The maximum absolute atomic E-state index is 13.2. The summed E-state index contributed by atoms with van der Waals surface area (Å²) in [6, 6.07) is 8.50. The number of anilines is 1. The molecule has 1 aliphatic heterocycles. The Kier molecular flexibility index (Phi) is 8.90. The average Bonchev–Trinajstić information content (AvgIpc) is 2.81. The van der Waals surface area contributed by atoms with E-state index in [4.69, 9.17) is 0 Å². The van der Waals surface area contributed by atoms with Gasteiger partial charge in [0, 0.05) is 18.7 Å². The molecule has 0 fully saturated rings. The Morgan fingerprint density at radius 3 is 2.56 bits per heavy atom. The van der Waals surface area contributed by atoms with E-state index in [0.717, 1.165) is 6.42 Å². The molecule has 8 nitrogen and oxygen atoms in total. The third-order valence-electron chi connectivity index (χ3n) is 5.74. The molecule has 1 aromatic carbocycles. The van der Waals surface area contributed by atoms with Gasteiger partial charge in [-0.15, -0.1) is 0 Å². The summed E-state index contributed by atoms with van der Waals surface area (Å²) in [4.78, 5) is 52.1. The Morgan fingerprint density at radius 2 is 1.82 bits per heavy atom. The zero-order chi connectivity index (χ0) is 24.5. The summed E-state index contributed by atoms with van der Waals surface area (Å²) >= 11 is 0. The van der Waals surface area contributed by atoms with Crippen molar-refractivity contribution in [3.05, 3.63) is 54.6 Å².